The summed E-state index contributed by atoms with van der Waals surface area (Å²) in [4.78, 5) is 12.3. The van der Waals surface area contributed by atoms with Crippen LogP contribution in [0.1, 0.15) is 54.8 Å². The maximum atomic E-state index is 11.7. The number of rotatable bonds is 5. The van der Waals surface area contributed by atoms with Crippen LogP contribution in [0.4, 0.5) is 10.7 Å². The predicted octanol–water partition coefficient (Wildman–Crippen LogP) is 3.45. The van der Waals surface area contributed by atoms with Crippen molar-refractivity contribution in [2.24, 2.45) is 5.92 Å². The van der Waals surface area contributed by atoms with E-state index >= 15 is 0 Å². The molecule has 2 rings (SSSR count). The molecule has 3 N–H and O–H groups in total. The van der Waals surface area contributed by atoms with E-state index in [0.717, 1.165) is 23.4 Å². The number of carbonyl (C=O) groups excluding carboxylic acids is 1. The Morgan fingerprint density at radius 2 is 2.05 bits per heavy atom. The van der Waals surface area contributed by atoms with Gasteiger partial charge in [-0.25, -0.2) is 4.79 Å². The van der Waals surface area contributed by atoms with Gasteiger partial charge < -0.3 is 15.8 Å². The van der Waals surface area contributed by atoms with Gasteiger partial charge in [0.05, 0.1) is 17.8 Å². The molecule has 0 spiro atoms. The molecule has 19 heavy (non-hydrogen) atoms. The Balaban J connectivity index is 2.33. The molecule has 0 aromatic carbocycles. The smallest absolute Gasteiger partial charge is 0.350 e. The number of anilines is 2. The predicted molar refractivity (Wildman–Crippen MR) is 80.0 cm³/mol. The minimum atomic E-state index is -0.338. The zero-order chi connectivity index (χ0) is 14.2. The highest BCUT2D eigenvalue weighted by atomic mass is 32.1. The van der Waals surface area contributed by atoms with Crippen LogP contribution in [-0.4, -0.2) is 19.1 Å². The third-order valence-corrected chi connectivity index (χ3v) is 4.83. The summed E-state index contributed by atoms with van der Waals surface area (Å²) in [6.07, 6.45) is 2.32. The van der Waals surface area contributed by atoms with Crippen LogP contribution in [0.2, 0.25) is 0 Å². The van der Waals surface area contributed by atoms with E-state index in [1.807, 2.05) is 0 Å². The lowest BCUT2D eigenvalue weighted by Crippen LogP contribution is -2.21. The summed E-state index contributed by atoms with van der Waals surface area (Å²) in [5, 5.41) is 4.55. The normalized spacial score (nSPS) is 16.5. The molecule has 1 aliphatic rings. The van der Waals surface area contributed by atoms with Gasteiger partial charge in [0.2, 0.25) is 0 Å². The van der Waals surface area contributed by atoms with Crippen LogP contribution in [0.15, 0.2) is 0 Å². The van der Waals surface area contributed by atoms with E-state index in [1.54, 1.807) is 0 Å². The van der Waals surface area contributed by atoms with Gasteiger partial charge in [0, 0.05) is 11.6 Å². The van der Waals surface area contributed by atoms with Crippen LogP contribution in [0.3, 0.4) is 0 Å². The first kappa shape index (κ1) is 14.2. The Labute approximate surface area is 118 Å². The van der Waals surface area contributed by atoms with Crippen LogP contribution in [-0.2, 0) is 4.74 Å². The largest absolute Gasteiger partial charge is 0.465 e. The lowest BCUT2D eigenvalue weighted by atomic mass is 10.1. The first-order valence-corrected chi connectivity index (χ1v) is 7.54. The van der Waals surface area contributed by atoms with Gasteiger partial charge in [-0.05, 0) is 31.6 Å². The van der Waals surface area contributed by atoms with Crippen LogP contribution >= 0.6 is 11.3 Å². The summed E-state index contributed by atoms with van der Waals surface area (Å²) in [5.74, 6) is 0.697. The minimum absolute atomic E-state index is 0.338. The summed E-state index contributed by atoms with van der Waals surface area (Å²) >= 11 is 1.42. The van der Waals surface area contributed by atoms with E-state index < -0.39 is 0 Å². The number of thiophene rings is 1. The van der Waals surface area contributed by atoms with Crippen molar-refractivity contribution in [1.82, 2.24) is 0 Å². The third kappa shape index (κ3) is 2.86. The van der Waals surface area contributed by atoms with Crippen LogP contribution in [0.5, 0.6) is 0 Å². The van der Waals surface area contributed by atoms with E-state index in [1.165, 1.54) is 18.4 Å². The molecule has 5 heteroatoms. The molecule has 1 atom stereocenters. The van der Waals surface area contributed by atoms with Crippen molar-refractivity contribution >= 4 is 28.0 Å². The van der Waals surface area contributed by atoms with Gasteiger partial charge in [0.25, 0.3) is 0 Å². The average Bonchev–Trinajstić information content (AvgIpc) is 3.14. The summed E-state index contributed by atoms with van der Waals surface area (Å²) in [7, 11) is 1.39. The quantitative estimate of drug-likeness (QED) is 0.812. The first-order chi connectivity index (χ1) is 8.95. The van der Waals surface area contributed by atoms with E-state index in [9.17, 15) is 4.79 Å². The fourth-order valence-electron chi connectivity index (χ4n) is 1.96. The van der Waals surface area contributed by atoms with Gasteiger partial charge in [-0.3, -0.25) is 0 Å². The van der Waals surface area contributed by atoms with Gasteiger partial charge >= 0.3 is 5.97 Å². The first-order valence-electron chi connectivity index (χ1n) is 6.72. The van der Waals surface area contributed by atoms with E-state index in [2.05, 4.69) is 26.1 Å². The second-order valence-corrected chi connectivity index (χ2v) is 6.55. The topological polar surface area (TPSA) is 64.3 Å². The van der Waals surface area contributed by atoms with Crippen molar-refractivity contribution in [3.05, 3.63) is 10.4 Å². The van der Waals surface area contributed by atoms with Gasteiger partial charge in [-0.15, -0.1) is 11.3 Å². The summed E-state index contributed by atoms with van der Waals surface area (Å²) < 4.78 is 4.80. The van der Waals surface area contributed by atoms with Crippen LogP contribution in [0, 0.1) is 5.92 Å². The highest BCUT2D eigenvalue weighted by Gasteiger charge is 2.33. The van der Waals surface area contributed by atoms with Gasteiger partial charge in [0.15, 0.2) is 0 Å². The molecule has 106 valence electrons. The molecule has 0 radical (unpaired) electrons. The van der Waals surface area contributed by atoms with Crippen molar-refractivity contribution in [3.63, 3.8) is 0 Å². The number of hydrogen-bond acceptors (Lipinski definition) is 5. The number of nitrogens with two attached hydrogens (primary N) is 1. The number of carbonyl (C=O) groups is 1. The standard InChI is InChI=1S/C14H22N2O2S/c1-7(2)8(3)16-13-10(9-5-6-9)11(15)12(19-13)14(17)18-4/h7-9,16H,5-6,15H2,1-4H3. The number of esters is 1. The maximum absolute atomic E-state index is 11.7. The molecule has 0 amide bonds. The van der Waals surface area contributed by atoms with Crippen molar-refractivity contribution < 1.29 is 9.53 Å². The molecule has 0 aliphatic heterocycles. The fourth-order valence-corrected chi connectivity index (χ4v) is 3.18. The summed E-state index contributed by atoms with van der Waals surface area (Å²) in [5.41, 5.74) is 7.88. The monoisotopic (exact) mass is 282 g/mol. The van der Waals surface area contributed by atoms with Crippen LogP contribution in [0.25, 0.3) is 0 Å². The molecule has 1 heterocycles. The molecule has 0 bridgehead atoms. The lowest BCUT2D eigenvalue weighted by molar-refractivity contribution is 0.0607. The number of nitrogen functional groups attached to an aromatic ring is 1. The summed E-state index contributed by atoms with van der Waals surface area (Å²) in [6.45, 7) is 6.49. The van der Waals surface area contributed by atoms with Crippen molar-refractivity contribution in [2.45, 2.75) is 45.6 Å². The molecule has 0 saturated heterocycles. The number of methoxy groups -OCH3 is 1. The fraction of sp³-hybridized carbons (Fsp3) is 0.643. The second-order valence-electron chi connectivity index (χ2n) is 5.53. The van der Waals surface area contributed by atoms with Crippen molar-refractivity contribution in [3.8, 4) is 0 Å². The van der Waals surface area contributed by atoms with Gasteiger partial charge in [-0.2, -0.15) is 0 Å². The van der Waals surface area contributed by atoms with Crippen molar-refractivity contribution in [2.75, 3.05) is 18.2 Å². The van der Waals surface area contributed by atoms with E-state index in [4.69, 9.17) is 10.5 Å². The third-order valence-electron chi connectivity index (χ3n) is 3.70. The molecule has 1 saturated carbocycles. The average molecular weight is 282 g/mol. The van der Waals surface area contributed by atoms with Gasteiger partial charge in [-0.1, -0.05) is 13.8 Å². The number of nitrogens with one attached hydrogen (secondary N) is 1. The van der Waals surface area contributed by atoms with Gasteiger partial charge in [0.1, 0.15) is 4.88 Å². The zero-order valence-corrected chi connectivity index (χ0v) is 12.8. The highest BCUT2D eigenvalue weighted by molar-refractivity contribution is 7.18. The number of ether oxygens (including phenoxy) is 1. The zero-order valence-electron chi connectivity index (χ0n) is 11.9. The minimum Gasteiger partial charge on any atom is -0.465 e. The molecule has 1 fully saturated rings. The van der Waals surface area contributed by atoms with Crippen molar-refractivity contribution in [1.29, 1.82) is 0 Å². The maximum Gasteiger partial charge on any atom is 0.350 e. The highest BCUT2D eigenvalue weighted by Crippen LogP contribution is 2.51. The molecule has 1 unspecified atom stereocenters. The Morgan fingerprint density at radius 3 is 2.53 bits per heavy atom. The lowest BCUT2D eigenvalue weighted by Gasteiger charge is -2.18. The molecular weight excluding hydrogens is 260 g/mol. The Morgan fingerprint density at radius 1 is 1.42 bits per heavy atom. The molecular formula is C14H22N2O2S. The second kappa shape index (κ2) is 5.41. The van der Waals surface area contributed by atoms with E-state index in [0.29, 0.717) is 28.4 Å². The van der Waals surface area contributed by atoms with E-state index in [-0.39, 0.29) is 5.97 Å². The van der Waals surface area contributed by atoms with Crippen LogP contribution < -0.4 is 11.1 Å². The Kier molecular flexibility index (Phi) is 4.04. The Hall–Kier alpha value is -1.23. The Bertz CT molecular complexity index is 478. The molecule has 1 aromatic heterocycles. The number of hydrogen-bond donors (Lipinski definition) is 2. The SMILES string of the molecule is COC(=O)c1sc(NC(C)C(C)C)c(C2CC2)c1N. The molecule has 1 aromatic rings. The summed E-state index contributed by atoms with van der Waals surface area (Å²) in [6, 6.07) is 0.348. The molecule has 4 nitrogen and oxygen atoms in total. The molecule has 1 aliphatic carbocycles.